The van der Waals surface area contributed by atoms with E-state index in [1.54, 1.807) is 30.3 Å². The van der Waals surface area contributed by atoms with Crippen LogP contribution < -0.4 is 0 Å². The molecule has 0 saturated heterocycles. The first-order chi connectivity index (χ1) is 8.25. The van der Waals surface area contributed by atoms with Crippen molar-refractivity contribution in [3.8, 4) is 0 Å². The predicted molar refractivity (Wildman–Crippen MR) is 75.8 cm³/mol. The molecule has 0 aliphatic carbocycles. The Bertz CT molecular complexity index is 464. The van der Waals surface area contributed by atoms with Gasteiger partial charge in [0.2, 0.25) is 3.79 Å². The molecule has 0 aliphatic heterocycles. The molecule has 0 radical (unpaired) electrons. The van der Waals surface area contributed by atoms with Crippen LogP contribution in [-0.2, 0) is 4.79 Å². The molecular weight excluding hydrogens is 341 g/mol. The fourth-order valence-electron chi connectivity index (χ4n) is 1.25. The van der Waals surface area contributed by atoms with Gasteiger partial charge in [0.1, 0.15) is 5.57 Å². The smallest absolute Gasteiger partial charge is 0.337 e. The molecule has 18 heavy (non-hydrogen) atoms. The first-order valence-electron chi connectivity index (χ1n) is 4.64. The van der Waals surface area contributed by atoms with Crippen LogP contribution in [0.3, 0.4) is 0 Å². The van der Waals surface area contributed by atoms with E-state index >= 15 is 0 Å². The molecule has 7 heteroatoms. The average Bonchev–Trinajstić information content (AvgIpc) is 2.26. The second-order valence-electron chi connectivity index (χ2n) is 3.30. The maximum absolute atomic E-state index is 11.1. The Labute approximate surface area is 129 Å². The summed E-state index contributed by atoms with van der Waals surface area (Å²) in [4.78, 5) is 11.1. The molecule has 0 heterocycles. The normalized spacial score (nSPS) is 14.9. The molecule has 0 aromatic heterocycles. The van der Waals surface area contributed by atoms with Crippen molar-refractivity contribution in [2.24, 2.45) is 0 Å². The third kappa shape index (κ3) is 3.94. The van der Waals surface area contributed by atoms with Crippen LogP contribution >= 0.6 is 58.0 Å². The number of carbonyl (C=O) groups is 1. The minimum absolute atomic E-state index is 0.227. The fraction of sp³-hybridized carbons (Fsp3) is 0.182. The number of benzene rings is 1. The molecule has 1 unspecified atom stereocenters. The summed E-state index contributed by atoms with van der Waals surface area (Å²) in [6, 6.07) is 8.66. The lowest BCUT2D eigenvalue weighted by Crippen LogP contribution is -2.19. The minimum atomic E-state index is -2.15. The summed E-state index contributed by atoms with van der Waals surface area (Å²) in [6.45, 7) is 0. The van der Waals surface area contributed by atoms with Gasteiger partial charge in [0.05, 0.1) is 10.4 Å². The quantitative estimate of drug-likeness (QED) is 0.622. The Balaban J connectivity index is 3.25. The van der Waals surface area contributed by atoms with Crippen molar-refractivity contribution in [2.45, 2.75) is 9.17 Å². The van der Waals surface area contributed by atoms with Gasteiger partial charge in [-0.2, -0.15) is 0 Å². The number of carboxylic acids is 1. The second kappa shape index (κ2) is 6.36. The number of hydrogen-bond donors (Lipinski definition) is 1. The molecule has 1 aromatic rings. The molecule has 0 spiro atoms. The number of alkyl halides is 4. The van der Waals surface area contributed by atoms with Crippen molar-refractivity contribution in [1.82, 2.24) is 0 Å². The van der Waals surface area contributed by atoms with Gasteiger partial charge in [-0.25, -0.2) is 4.79 Å². The Morgan fingerprint density at radius 2 is 1.67 bits per heavy atom. The van der Waals surface area contributed by atoms with Gasteiger partial charge >= 0.3 is 5.97 Å². The van der Waals surface area contributed by atoms with E-state index in [1.807, 2.05) is 0 Å². The molecular formula is C11H7Cl5O2. The summed E-state index contributed by atoms with van der Waals surface area (Å²) in [5.74, 6) is -1.43. The van der Waals surface area contributed by atoms with Crippen molar-refractivity contribution in [3.63, 3.8) is 0 Å². The summed E-state index contributed by atoms with van der Waals surface area (Å²) < 4.78 is -2.15. The van der Waals surface area contributed by atoms with Gasteiger partial charge in [0.25, 0.3) is 0 Å². The van der Waals surface area contributed by atoms with Crippen molar-refractivity contribution in [3.05, 3.63) is 46.5 Å². The topological polar surface area (TPSA) is 37.3 Å². The molecule has 0 fully saturated rings. The first-order valence-corrected chi connectivity index (χ1v) is 6.59. The zero-order valence-corrected chi connectivity index (χ0v) is 12.5. The molecule has 1 atom stereocenters. The summed E-state index contributed by atoms with van der Waals surface area (Å²) in [5, 5.41) is 7.90. The Hall–Kier alpha value is -0.120. The second-order valence-corrected chi connectivity index (χ2v) is 6.42. The maximum Gasteiger partial charge on any atom is 0.337 e. The van der Waals surface area contributed by atoms with Gasteiger partial charge < -0.3 is 5.11 Å². The minimum Gasteiger partial charge on any atom is -0.478 e. The van der Waals surface area contributed by atoms with E-state index in [1.165, 1.54) is 0 Å². The number of allylic oxidation sites excluding steroid dienone is 1. The lowest BCUT2D eigenvalue weighted by atomic mass is 10.1. The Kier molecular flexibility index (Phi) is 5.63. The maximum atomic E-state index is 11.1. The highest BCUT2D eigenvalue weighted by molar-refractivity contribution is 6.71. The van der Waals surface area contributed by atoms with Gasteiger partial charge in [0, 0.05) is 0 Å². The highest BCUT2D eigenvalue weighted by Gasteiger charge is 2.36. The number of aliphatic carboxylic acids is 1. The van der Waals surface area contributed by atoms with Crippen LogP contribution in [0, 0.1) is 0 Å². The summed E-state index contributed by atoms with van der Waals surface area (Å²) in [7, 11) is 0. The van der Waals surface area contributed by atoms with E-state index in [2.05, 4.69) is 0 Å². The van der Waals surface area contributed by atoms with Gasteiger partial charge in [0.15, 0.2) is 0 Å². The largest absolute Gasteiger partial charge is 0.478 e. The SMILES string of the molecule is O=C(O)C(=C(Cl)C(Cl)c1ccccc1)C(Cl)(Cl)Cl. The molecule has 1 rings (SSSR count). The zero-order valence-electron chi connectivity index (χ0n) is 8.71. The lowest BCUT2D eigenvalue weighted by Gasteiger charge is -2.17. The third-order valence-corrected chi connectivity index (χ3v) is 3.61. The predicted octanol–water partition coefficient (Wildman–Crippen LogP) is 4.91. The van der Waals surface area contributed by atoms with Gasteiger partial charge in [-0.15, -0.1) is 11.6 Å². The van der Waals surface area contributed by atoms with Gasteiger partial charge in [-0.1, -0.05) is 76.7 Å². The van der Waals surface area contributed by atoms with Gasteiger partial charge in [-0.05, 0) is 5.56 Å². The molecule has 98 valence electrons. The lowest BCUT2D eigenvalue weighted by molar-refractivity contribution is -0.132. The highest BCUT2D eigenvalue weighted by atomic mass is 35.6. The number of halogens is 5. The average molecular weight is 348 g/mol. The monoisotopic (exact) mass is 346 g/mol. The summed E-state index contributed by atoms with van der Waals surface area (Å²) >= 11 is 28.7. The van der Waals surface area contributed by atoms with E-state index in [9.17, 15) is 4.79 Å². The summed E-state index contributed by atoms with van der Waals surface area (Å²) in [5.41, 5.74) is 0.0511. The third-order valence-electron chi connectivity index (χ3n) is 2.05. The van der Waals surface area contributed by atoms with Crippen LogP contribution in [-0.4, -0.2) is 14.9 Å². The fourth-order valence-corrected chi connectivity index (χ4v) is 2.55. The number of rotatable bonds is 3. The van der Waals surface area contributed by atoms with Crippen molar-refractivity contribution in [2.75, 3.05) is 0 Å². The standard InChI is InChI=1S/C11H7Cl5O2/c12-8(6-4-2-1-3-5-6)9(13)7(10(17)18)11(14,15)16/h1-5,8H,(H,17,18). The van der Waals surface area contributed by atoms with Crippen LogP contribution in [0.4, 0.5) is 0 Å². The number of carboxylic acid groups (broad SMARTS) is 1. The van der Waals surface area contributed by atoms with Gasteiger partial charge in [-0.3, -0.25) is 0 Å². The number of hydrogen-bond acceptors (Lipinski definition) is 1. The zero-order chi connectivity index (χ0) is 13.9. The van der Waals surface area contributed by atoms with Crippen LogP contribution in [0.5, 0.6) is 0 Å². The van der Waals surface area contributed by atoms with Crippen LogP contribution in [0.15, 0.2) is 40.9 Å². The van der Waals surface area contributed by atoms with Crippen LogP contribution in [0.2, 0.25) is 0 Å². The first kappa shape index (κ1) is 15.9. The molecule has 1 N–H and O–H groups in total. The van der Waals surface area contributed by atoms with Crippen LogP contribution in [0.25, 0.3) is 0 Å². The molecule has 1 aromatic carbocycles. The van der Waals surface area contributed by atoms with E-state index in [-0.39, 0.29) is 5.03 Å². The van der Waals surface area contributed by atoms with E-state index < -0.39 is 20.7 Å². The van der Waals surface area contributed by atoms with Crippen molar-refractivity contribution in [1.29, 1.82) is 0 Å². The van der Waals surface area contributed by atoms with Crippen molar-refractivity contribution < 1.29 is 9.90 Å². The Morgan fingerprint density at radius 1 is 1.17 bits per heavy atom. The molecule has 0 amide bonds. The van der Waals surface area contributed by atoms with E-state index in [4.69, 9.17) is 63.1 Å². The molecule has 0 aliphatic rings. The van der Waals surface area contributed by atoms with Crippen molar-refractivity contribution >= 4 is 64.0 Å². The van der Waals surface area contributed by atoms with E-state index in [0.29, 0.717) is 5.56 Å². The van der Waals surface area contributed by atoms with E-state index in [0.717, 1.165) is 0 Å². The molecule has 0 saturated carbocycles. The highest BCUT2D eigenvalue weighted by Crippen LogP contribution is 2.43. The summed E-state index contributed by atoms with van der Waals surface area (Å²) in [6.07, 6.45) is 0. The Morgan fingerprint density at radius 3 is 2.06 bits per heavy atom. The molecule has 0 bridgehead atoms. The molecule has 2 nitrogen and oxygen atoms in total. The van der Waals surface area contributed by atoms with Crippen LogP contribution in [0.1, 0.15) is 10.9 Å².